The molecule has 1 aliphatic rings. The van der Waals surface area contributed by atoms with Crippen LogP contribution in [0.4, 0.5) is 4.39 Å². The third-order valence-electron chi connectivity index (χ3n) is 3.52. The van der Waals surface area contributed by atoms with Gasteiger partial charge in [0.2, 0.25) is 0 Å². The van der Waals surface area contributed by atoms with E-state index in [-0.39, 0.29) is 17.8 Å². The number of ether oxygens (including phenoxy) is 1. The van der Waals surface area contributed by atoms with E-state index in [9.17, 15) is 9.50 Å². The number of aliphatic hydroxyl groups is 1. The predicted octanol–water partition coefficient (Wildman–Crippen LogP) is 1.66. The van der Waals surface area contributed by atoms with E-state index in [0.29, 0.717) is 25.3 Å². The Morgan fingerprint density at radius 3 is 2.83 bits per heavy atom. The lowest BCUT2D eigenvalue weighted by Crippen LogP contribution is -2.38. The second-order valence-corrected chi connectivity index (χ2v) is 5.22. The Morgan fingerprint density at radius 2 is 2.22 bits per heavy atom. The van der Waals surface area contributed by atoms with Crippen LogP contribution in [0.15, 0.2) is 24.3 Å². The van der Waals surface area contributed by atoms with Crippen LogP contribution in [0.5, 0.6) is 0 Å². The fourth-order valence-corrected chi connectivity index (χ4v) is 2.49. The van der Waals surface area contributed by atoms with Gasteiger partial charge in [0.15, 0.2) is 0 Å². The van der Waals surface area contributed by atoms with E-state index in [1.807, 2.05) is 18.0 Å². The van der Waals surface area contributed by atoms with Gasteiger partial charge in [-0.05, 0) is 19.5 Å². The average Bonchev–Trinajstić information content (AvgIpc) is 2.81. The first-order chi connectivity index (χ1) is 8.65. The van der Waals surface area contributed by atoms with E-state index in [0.717, 1.165) is 13.0 Å². The third kappa shape index (κ3) is 3.07. The maximum Gasteiger partial charge on any atom is 0.127 e. The normalized spacial score (nSPS) is 23.8. The molecule has 18 heavy (non-hydrogen) atoms. The van der Waals surface area contributed by atoms with Gasteiger partial charge >= 0.3 is 0 Å². The van der Waals surface area contributed by atoms with Crippen molar-refractivity contribution >= 4 is 0 Å². The Labute approximate surface area is 107 Å². The third-order valence-corrected chi connectivity index (χ3v) is 3.52. The molecule has 1 atom stereocenters. The quantitative estimate of drug-likeness (QED) is 0.866. The number of halogens is 1. The van der Waals surface area contributed by atoms with E-state index in [1.165, 1.54) is 6.07 Å². The lowest BCUT2D eigenvalue weighted by molar-refractivity contribution is 0.0622. The van der Waals surface area contributed by atoms with Crippen LogP contribution in [0.25, 0.3) is 0 Å². The molecule has 1 aromatic carbocycles. The van der Waals surface area contributed by atoms with Crippen molar-refractivity contribution in [2.45, 2.75) is 13.0 Å². The topological polar surface area (TPSA) is 32.7 Å². The maximum absolute atomic E-state index is 13.5. The zero-order valence-corrected chi connectivity index (χ0v) is 10.7. The molecule has 1 saturated heterocycles. The number of hydrogen-bond donors (Lipinski definition) is 1. The van der Waals surface area contributed by atoms with Crippen molar-refractivity contribution in [1.29, 1.82) is 0 Å². The van der Waals surface area contributed by atoms with Gasteiger partial charge in [-0.25, -0.2) is 4.39 Å². The van der Waals surface area contributed by atoms with Gasteiger partial charge < -0.3 is 14.7 Å². The summed E-state index contributed by atoms with van der Waals surface area (Å²) in [5.74, 6) is -0.176. The number of nitrogens with zero attached hydrogens (tertiary/aromatic N) is 1. The summed E-state index contributed by atoms with van der Waals surface area (Å²) in [7, 11) is 1.95. The molecule has 0 radical (unpaired) electrons. The van der Waals surface area contributed by atoms with Gasteiger partial charge in [-0.1, -0.05) is 18.2 Å². The van der Waals surface area contributed by atoms with Crippen molar-refractivity contribution in [2.24, 2.45) is 5.41 Å². The second-order valence-electron chi connectivity index (χ2n) is 5.22. The van der Waals surface area contributed by atoms with Crippen molar-refractivity contribution < 1.29 is 14.2 Å². The summed E-state index contributed by atoms with van der Waals surface area (Å²) < 4.78 is 18.9. The van der Waals surface area contributed by atoms with Crippen LogP contribution in [0, 0.1) is 11.2 Å². The lowest BCUT2D eigenvalue weighted by atomic mass is 9.88. The summed E-state index contributed by atoms with van der Waals surface area (Å²) in [5.41, 5.74) is 0.506. The van der Waals surface area contributed by atoms with Crippen molar-refractivity contribution in [3.05, 3.63) is 35.6 Å². The van der Waals surface area contributed by atoms with Crippen LogP contribution >= 0.6 is 0 Å². The standard InChI is InChI=1S/C14H20FNO2/c1-16(8-12-4-2-3-5-13(12)15)9-14(10-17)6-7-18-11-14/h2-5,17H,6-11H2,1H3. The monoisotopic (exact) mass is 253 g/mol. The van der Waals surface area contributed by atoms with Crippen LogP contribution in [-0.2, 0) is 11.3 Å². The average molecular weight is 253 g/mol. The molecule has 1 heterocycles. The minimum Gasteiger partial charge on any atom is -0.396 e. The van der Waals surface area contributed by atoms with Crippen molar-refractivity contribution in [3.63, 3.8) is 0 Å². The molecule has 1 aromatic rings. The largest absolute Gasteiger partial charge is 0.396 e. The molecule has 0 aromatic heterocycles. The van der Waals surface area contributed by atoms with Gasteiger partial charge in [-0.3, -0.25) is 0 Å². The molecule has 3 nitrogen and oxygen atoms in total. The van der Waals surface area contributed by atoms with Crippen molar-refractivity contribution in [3.8, 4) is 0 Å². The van der Waals surface area contributed by atoms with Crippen LogP contribution < -0.4 is 0 Å². The number of rotatable bonds is 5. The Morgan fingerprint density at radius 1 is 1.44 bits per heavy atom. The molecule has 1 unspecified atom stereocenters. The molecular formula is C14H20FNO2. The van der Waals surface area contributed by atoms with E-state index < -0.39 is 0 Å². The molecular weight excluding hydrogens is 233 g/mol. The first-order valence-corrected chi connectivity index (χ1v) is 6.26. The van der Waals surface area contributed by atoms with Gasteiger partial charge in [-0.15, -0.1) is 0 Å². The van der Waals surface area contributed by atoms with Gasteiger partial charge in [0.1, 0.15) is 5.82 Å². The number of hydrogen-bond acceptors (Lipinski definition) is 3. The van der Waals surface area contributed by atoms with E-state index in [2.05, 4.69) is 0 Å². The highest BCUT2D eigenvalue weighted by molar-refractivity contribution is 5.17. The van der Waals surface area contributed by atoms with E-state index in [4.69, 9.17) is 4.74 Å². The summed E-state index contributed by atoms with van der Waals surface area (Å²) in [5, 5.41) is 9.51. The van der Waals surface area contributed by atoms with Gasteiger partial charge in [0.25, 0.3) is 0 Å². The van der Waals surface area contributed by atoms with Crippen LogP contribution in [0.3, 0.4) is 0 Å². The Hall–Kier alpha value is -0.970. The zero-order valence-electron chi connectivity index (χ0n) is 10.7. The molecule has 4 heteroatoms. The lowest BCUT2D eigenvalue weighted by Gasteiger charge is -2.30. The summed E-state index contributed by atoms with van der Waals surface area (Å²) in [6.07, 6.45) is 0.866. The van der Waals surface area contributed by atoms with Crippen LogP contribution in [-0.4, -0.2) is 43.4 Å². The highest BCUT2D eigenvalue weighted by atomic mass is 19.1. The molecule has 0 bridgehead atoms. The smallest absolute Gasteiger partial charge is 0.127 e. The fourth-order valence-electron chi connectivity index (χ4n) is 2.49. The van der Waals surface area contributed by atoms with Crippen LogP contribution in [0.1, 0.15) is 12.0 Å². The minimum absolute atomic E-state index is 0.120. The fraction of sp³-hybridized carbons (Fsp3) is 0.571. The Bertz CT molecular complexity index is 391. The molecule has 0 aliphatic carbocycles. The first kappa shape index (κ1) is 13.5. The number of aliphatic hydroxyl groups excluding tert-OH is 1. The molecule has 2 rings (SSSR count). The minimum atomic E-state index is -0.181. The number of benzene rings is 1. The van der Waals surface area contributed by atoms with Gasteiger partial charge in [0, 0.05) is 30.7 Å². The summed E-state index contributed by atoms with van der Waals surface area (Å²) in [6, 6.07) is 6.80. The van der Waals surface area contributed by atoms with Gasteiger partial charge in [-0.2, -0.15) is 0 Å². The summed E-state index contributed by atoms with van der Waals surface area (Å²) >= 11 is 0. The van der Waals surface area contributed by atoms with Crippen molar-refractivity contribution in [1.82, 2.24) is 4.90 Å². The molecule has 0 saturated carbocycles. The molecule has 100 valence electrons. The van der Waals surface area contributed by atoms with Crippen LogP contribution in [0.2, 0.25) is 0 Å². The summed E-state index contributed by atoms with van der Waals surface area (Å²) in [4.78, 5) is 2.04. The summed E-state index contributed by atoms with van der Waals surface area (Å²) in [6.45, 7) is 2.68. The second kappa shape index (κ2) is 5.78. The molecule has 0 amide bonds. The highest BCUT2D eigenvalue weighted by Crippen LogP contribution is 2.29. The predicted molar refractivity (Wildman–Crippen MR) is 67.7 cm³/mol. The Balaban J connectivity index is 1.96. The molecule has 1 aliphatic heterocycles. The van der Waals surface area contributed by atoms with E-state index in [1.54, 1.807) is 12.1 Å². The Kier molecular flexibility index (Phi) is 4.32. The zero-order chi connectivity index (χ0) is 13.0. The molecule has 1 N–H and O–H groups in total. The maximum atomic E-state index is 13.5. The van der Waals surface area contributed by atoms with Crippen molar-refractivity contribution in [2.75, 3.05) is 33.4 Å². The molecule has 1 fully saturated rings. The molecule has 0 spiro atoms. The SMILES string of the molecule is CN(Cc1ccccc1F)CC1(CO)CCOC1. The highest BCUT2D eigenvalue weighted by Gasteiger charge is 2.35. The first-order valence-electron chi connectivity index (χ1n) is 6.26. The van der Waals surface area contributed by atoms with Gasteiger partial charge in [0.05, 0.1) is 13.2 Å². The van der Waals surface area contributed by atoms with E-state index >= 15 is 0 Å².